The second-order valence-corrected chi connectivity index (χ2v) is 20.0. The summed E-state index contributed by atoms with van der Waals surface area (Å²) >= 11 is 0. The summed E-state index contributed by atoms with van der Waals surface area (Å²) in [6, 6.07) is -1.20. The first kappa shape index (κ1) is 57.1. The van der Waals surface area contributed by atoms with Gasteiger partial charge in [-0.2, -0.15) is 8.78 Å². The van der Waals surface area contributed by atoms with E-state index < -0.39 is 102 Å². The van der Waals surface area contributed by atoms with Gasteiger partial charge in [0.1, 0.15) is 30.1 Å². The van der Waals surface area contributed by atoms with Gasteiger partial charge in [0, 0.05) is 58.5 Å². The van der Waals surface area contributed by atoms with Gasteiger partial charge in [-0.25, -0.2) is 4.79 Å². The number of carbonyl (C=O) groups is 5. The molecule has 3 heterocycles. The topological polar surface area (TPSA) is 184 Å². The molecular weight excluding hydrogens is 885 g/mol. The minimum atomic E-state index is -2.95. The zero-order valence-corrected chi connectivity index (χ0v) is 41.9. The summed E-state index contributed by atoms with van der Waals surface area (Å²) in [7, 11) is 4.36. The number of carbonyl (C=O) groups excluding carboxylic acids is 5. The van der Waals surface area contributed by atoms with Crippen LogP contribution in [0.1, 0.15) is 126 Å². The lowest BCUT2D eigenvalue weighted by molar-refractivity contribution is -0.265. The van der Waals surface area contributed by atoms with E-state index in [9.17, 15) is 43.0 Å². The lowest BCUT2D eigenvalue weighted by atomic mass is 9.78. The molecule has 0 spiro atoms. The Kier molecular flexibility index (Phi) is 22.3. The van der Waals surface area contributed by atoms with E-state index >= 15 is 0 Å². The van der Waals surface area contributed by atoms with Crippen molar-refractivity contribution < 1.29 is 71.4 Å². The van der Waals surface area contributed by atoms with Crippen molar-refractivity contribution in [3.63, 3.8) is 0 Å². The van der Waals surface area contributed by atoms with Crippen molar-refractivity contribution in [3.8, 4) is 0 Å². The number of piperidine rings is 1. The Bertz CT molecular complexity index is 1830. The van der Waals surface area contributed by atoms with Crippen LogP contribution in [-0.2, 0) is 52.4 Å². The van der Waals surface area contributed by atoms with Crippen LogP contribution in [0.5, 0.6) is 0 Å². The van der Waals surface area contributed by atoms with Crippen LogP contribution in [0, 0.1) is 35.5 Å². The first-order valence-corrected chi connectivity index (χ1v) is 24.6. The maximum absolute atomic E-state index is 14.4. The molecule has 3 aliphatic heterocycles. The number of ether oxygens (including phenoxy) is 6. The number of ketones is 3. The van der Waals surface area contributed by atoms with E-state index in [1.54, 1.807) is 40.9 Å². The lowest BCUT2D eigenvalue weighted by Crippen LogP contribution is -2.61. The molecule has 1 saturated carbocycles. The van der Waals surface area contributed by atoms with Crippen molar-refractivity contribution in [1.29, 1.82) is 0 Å². The molecule has 0 radical (unpaired) electrons. The van der Waals surface area contributed by atoms with Gasteiger partial charge in [0.25, 0.3) is 11.7 Å². The summed E-state index contributed by atoms with van der Waals surface area (Å²) < 4.78 is 60.6. The molecule has 1 amide bonds. The van der Waals surface area contributed by atoms with E-state index in [4.69, 9.17) is 28.4 Å². The molecule has 0 aromatic carbocycles. The standard InChI is InChI=1S/C52H79F2NO13/c1-30-16-12-11-13-17-31(2)42(63-8)28-38-21-19-36(7)52(62,68-38)48(59)49(60)55-23-15-14-18-39(55)50(61)66-43(33(4)26-37-20-22-41(67-51(53)54)44(27-37)64-9)29-40(56)32(3)25-35(6)46(58)47(65-10)45(57)34(5)24-30/h11-13,16-17,25,30,32-34,36-39,41-44,46-47,51,58,62H,14-15,18-24,26-29H2,1-10H3/b13-11?,16-12+,31-17?,35-25+/t30-,32-,33-,34-,36-,37+,38+,39+,41-,42+,43+,44-,46-,47+,52-/m1/s1. The smallest absolute Gasteiger partial charge is 0.345 e. The second-order valence-electron chi connectivity index (χ2n) is 20.0. The Morgan fingerprint density at radius 1 is 0.853 bits per heavy atom. The van der Waals surface area contributed by atoms with Crippen molar-refractivity contribution in [1.82, 2.24) is 4.90 Å². The molecule has 2 N–H and O–H groups in total. The molecule has 4 rings (SSSR count). The molecule has 16 heteroatoms. The molecule has 0 aromatic rings. The maximum atomic E-state index is 14.4. The first-order chi connectivity index (χ1) is 32.1. The Morgan fingerprint density at radius 2 is 1.57 bits per heavy atom. The van der Waals surface area contributed by atoms with Crippen LogP contribution in [0.25, 0.3) is 0 Å². The molecule has 384 valence electrons. The van der Waals surface area contributed by atoms with Gasteiger partial charge < -0.3 is 43.5 Å². The van der Waals surface area contributed by atoms with Crippen LogP contribution in [0.2, 0.25) is 0 Å². The van der Waals surface area contributed by atoms with Crippen molar-refractivity contribution in [2.75, 3.05) is 27.9 Å². The normalized spacial score (nSPS) is 38.0. The highest BCUT2D eigenvalue weighted by atomic mass is 19.3. The van der Waals surface area contributed by atoms with Crippen LogP contribution in [0.3, 0.4) is 0 Å². The van der Waals surface area contributed by atoms with E-state index in [1.807, 2.05) is 51.2 Å². The number of aliphatic hydroxyl groups excluding tert-OH is 1. The first-order valence-electron chi connectivity index (χ1n) is 24.6. The number of amides is 1. The number of nitrogens with zero attached hydrogens (tertiary/aromatic N) is 1. The van der Waals surface area contributed by atoms with Gasteiger partial charge in [-0.3, -0.25) is 19.2 Å². The fourth-order valence-corrected chi connectivity index (χ4v) is 10.4. The zero-order chi connectivity index (χ0) is 50.5. The van der Waals surface area contributed by atoms with Crippen molar-refractivity contribution >= 4 is 29.2 Å². The Morgan fingerprint density at radius 3 is 2.24 bits per heavy atom. The average Bonchev–Trinajstić information content (AvgIpc) is 3.30. The monoisotopic (exact) mass is 964 g/mol. The third kappa shape index (κ3) is 15.2. The van der Waals surface area contributed by atoms with Gasteiger partial charge in [0.05, 0.1) is 24.4 Å². The molecule has 3 fully saturated rings. The van der Waals surface area contributed by atoms with Crippen LogP contribution >= 0.6 is 0 Å². The number of aliphatic hydroxyl groups is 2. The number of esters is 1. The maximum Gasteiger partial charge on any atom is 0.345 e. The fourth-order valence-electron chi connectivity index (χ4n) is 10.4. The number of methoxy groups -OCH3 is 3. The molecule has 68 heavy (non-hydrogen) atoms. The lowest BCUT2D eigenvalue weighted by Gasteiger charge is -2.42. The highest BCUT2D eigenvalue weighted by Crippen LogP contribution is 2.38. The SMILES string of the molecule is CO[C@H]1C[C@@H]2CC[C@@H](C)[C@@](O)(O2)C(=O)C(=O)N2CCCC[C@H]2C(=O)O[C@H]([C@H](C)C[C@@H]2CC[C@@H](OC(F)F)[C@H](OC)C2)CC(=O)[C@H](C)/C=C(\C)[C@@H](O)[C@@H](OC)C(=O)[C@H](C)C[C@H](C)/C=C/C=CC=C1C. The van der Waals surface area contributed by atoms with E-state index in [0.717, 1.165) is 10.5 Å². The quantitative estimate of drug-likeness (QED) is 0.139. The predicted octanol–water partition coefficient (Wildman–Crippen LogP) is 7.43. The van der Waals surface area contributed by atoms with Crippen LogP contribution in [-0.4, -0.2) is 133 Å². The van der Waals surface area contributed by atoms with E-state index in [0.29, 0.717) is 69.8 Å². The molecule has 14 nitrogen and oxygen atoms in total. The zero-order valence-electron chi connectivity index (χ0n) is 41.9. The molecule has 0 unspecified atom stereocenters. The molecule has 15 atom stereocenters. The van der Waals surface area contributed by atoms with Crippen LogP contribution < -0.4 is 0 Å². The second kappa shape index (κ2) is 26.6. The fraction of sp³-hybridized carbons (Fsp3) is 0.750. The summed E-state index contributed by atoms with van der Waals surface area (Å²) in [5.74, 6) is -8.65. The van der Waals surface area contributed by atoms with Gasteiger partial charge >= 0.3 is 12.6 Å². The summed E-state index contributed by atoms with van der Waals surface area (Å²) in [6.07, 6.45) is 9.32. The number of alkyl halides is 2. The molecule has 1 aliphatic carbocycles. The Labute approximate surface area is 402 Å². The number of cyclic esters (lactones) is 1. The number of fused-ring (bicyclic) bond motifs is 3. The number of hydrogen-bond acceptors (Lipinski definition) is 13. The Hall–Kier alpha value is -3.51. The van der Waals surface area contributed by atoms with Crippen molar-refractivity contribution in [3.05, 3.63) is 47.6 Å². The van der Waals surface area contributed by atoms with E-state index in [2.05, 4.69) is 0 Å². The summed E-state index contributed by atoms with van der Waals surface area (Å²) in [4.78, 5) is 71.9. The van der Waals surface area contributed by atoms with Gasteiger partial charge in [0.2, 0.25) is 5.79 Å². The molecule has 4 aliphatic rings. The van der Waals surface area contributed by atoms with Gasteiger partial charge in [-0.1, -0.05) is 71.1 Å². The highest BCUT2D eigenvalue weighted by molar-refractivity contribution is 6.39. The minimum absolute atomic E-state index is 0.00400. The number of hydrogen-bond donors (Lipinski definition) is 2. The predicted molar refractivity (Wildman–Crippen MR) is 250 cm³/mol. The number of allylic oxidation sites excluding steroid dienone is 6. The van der Waals surface area contributed by atoms with Gasteiger partial charge in [-0.05, 0) is 107 Å². The summed E-state index contributed by atoms with van der Waals surface area (Å²) in [6.45, 7) is 9.53. The van der Waals surface area contributed by atoms with Crippen LogP contribution in [0.15, 0.2) is 47.6 Å². The average molecular weight is 964 g/mol. The van der Waals surface area contributed by atoms with Crippen molar-refractivity contribution in [2.45, 2.75) is 187 Å². The Balaban J connectivity index is 1.70. The third-order valence-electron chi connectivity index (χ3n) is 14.7. The number of rotatable bonds is 8. The molecule has 2 bridgehead atoms. The van der Waals surface area contributed by atoms with Gasteiger partial charge in [-0.15, -0.1) is 0 Å². The van der Waals surface area contributed by atoms with E-state index in [-0.39, 0.29) is 42.8 Å². The summed E-state index contributed by atoms with van der Waals surface area (Å²) in [5, 5.41) is 23.4. The van der Waals surface area contributed by atoms with Gasteiger partial charge in [0.15, 0.2) is 5.78 Å². The van der Waals surface area contributed by atoms with E-state index in [1.165, 1.54) is 14.2 Å². The minimum Gasteiger partial charge on any atom is -0.460 e. The van der Waals surface area contributed by atoms with Crippen LogP contribution in [0.4, 0.5) is 8.78 Å². The number of halogens is 2. The summed E-state index contributed by atoms with van der Waals surface area (Å²) in [5.41, 5.74) is 1.21. The highest BCUT2D eigenvalue weighted by Gasteiger charge is 2.53. The number of Topliss-reactive ketones (excluding diaryl/α,β-unsaturated/α-hetero) is 3. The van der Waals surface area contributed by atoms with Crippen molar-refractivity contribution in [2.24, 2.45) is 35.5 Å². The third-order valence-corrected chi connectivity index (χ3v) is 14.7. The largest absolute Gasteiger partial charge is 0.460 e. The molecular formula is C52H79F2NO13. The molecule has 2 saturated heterocycles. The molecule has 0 aromatic heterocycles.